The van der Waals surface area contributed by atoms with Gasteiger partial charge in [0.1, 0.15) is 11.6 Å². The highest BCUT2D eigenvalue weighted by Crippen LogP contribution is 2.46. The Hall–Kier alpha value is -2.36. The van der Waals surface area contributed by atoms with Crippen molar-refractivity contribution in [2.24, 2.45) is 7.05 Å². The van der Waals surface area contributed by atoms with Crippen molar-refractivity contribution < 1.29 is 0 Å². The summed E-state index contributed by atoms with van der Waals surface area (Å²) in [5.74, 6) is 3.02. The molecular formula is C19H25N7O2S. The minimum absolute atomic E-state index is 0.388. The number of aromatic nitrogens is 7. The lowest BCUT2D eigenvalue weighted by Crippen LogP contribution is -2.31. The van der Waals surface area contributed by atoms with Gasteiger partial charge in [0.05, 0.1) is 5.75 Å². The van der Waals surface area contributed by atoms with Crippen LogP contribution in [-0.2, 0) is 19.3 Å². The van der Waals surface area contributed by atoms with E-state index in [1.165, 1.54) is 25.7 Å². The van der Waals surface area contributed by atoms with E-state index in [0.717, 1.165) is 29.6 Å². The van der Waals surface area contributed by atoms with Gasteiger partial charge in [-0.15, -0.1) is 10.2 Å². The highest BCUT2D eigenvalue weighted by Gasteiger charge is 2.36. The fraction of sp³-hybridized carbons (Fsp3) is 0.632. The van der Waals surface area contributed by atoms with Gasteiger partial charge in [-0.1, -0.05) is 25.1 Å². The van der Waals surface area contributed by atoms with Crippen LogP contribution in [0.15, 0.2) is 14.7 Å². The second kappa shape index (κ2) is 7.16. The molecule has 3 aromatic heterocycles. The van der Waals surface area contributed by atoms with E-state index in [2.05, 4.69) is 31.7 Å². The van der Waals surface area contributed by atoms with Gasteiger partial charge >= 0.3 is 5.69 Å². The Kier molecular flexibility index (Phi) is 4.60. The molecular weight excluding hydrogens is 390 g/mol. The minimum atomic E-state index is -0.393. The van der Waals surface area contributed by atoms with Crippen molar-refractivity contribution in [2.75, 3.05) is 0 Å². The van der Waals surface area contributed by atoms with Crippen molar-refractivity contribution in [3.8, 4) is 0 Å². The van der Waals surface area contributed by atoms with Crippen molar-refractivity contribution in [1.82, 2.24) is 33.9 Å². The monoisotopic (exact) mass is 415 g/mol. The van der Waals surface area contributed by atoms with E-state index in [1.807, 2.05) is 7.05 Å². The van der Waals surface area contributed by atoms with Crippen LogP contribution >= 0.6 is 11.8 Å². The van der Waals surface area contributed by atoms with Crippen molar-refractivity contribution in [1.29, 1.82) is 0 Å². The minimum Gasteiger partial charge on any atom is -0.325 e. The SMILES string of the molecule is CCCCn1c(=O)[nH]c(=O)c2c1nc(CSc1nnc(C3CC3)n1C1CC1)n2C. The third kappa shape index (κ3) is 3.33. The predicted octanol–water partition coefficient (Wildman–Crippen LogP) is 2.32. The molecule has 0 radical (unpaired) electrons. The van der Waals surface area contributed by atoms with Gasteiger partial charge in [0.25, 0.3) is 5.56 Å². The normalized spacial score (nSPS) is 16.8. The zero-order valence-corrected chi connectivity index (χ0v) is 17.5. The van der Waals surface area contributed by atoms with Crippen LogP contribution in [0, 0.1) is 0 Å². The second-order valence-corrected chi connectivity index (χ2v) is 8.97. The van der Waals surface area contributed by atoms with E-state index in [0.29, 0.717) is 35.4 Å². The number of rotatable bonds is 8. The van der Waals surface area contributed by atoms with Gasteiger partial charge in [-0.25, -0.2) is 9.78 Å². The lowest BCUT2D eigenvalue weighted by molar-refractivity contribution is 0.613. The predicted molar refractivity (Wildman–Crippen MR) is 110 cm³/mol. The van der Waals surface area contributed by atoms with Crippen LogP contribution in [0.1, 0.15) is 69.1 Å². The van der Waals surface area contributed by atoms with Crippen LogP contribution in [0.25, 0.3) is 11.2 Å². The molecule has 2 aliphatic carbocycles. The average molecular weight is 416 g/mol. The molecule has 10 heteroatoms. The molecule has 1 N–H and O–H groups in total. The average Bonchev–Trinajstić information content (AvgIpc) is 3.62. The zero-order chi connectivity index (χ0) is 20.1. The van der Waals surface area contributed by atoms with Crippen LogP contribution < -0.4 is 11.2 Å². The Bertz CT molecular complexity index is 1180. The molecule has 0 spiro atoms. The molecule has 0 bridgehead atoms. The molecule has 3 aromatic rings. The summed E-state index contributed by atoms with van der Waals surface area (Å²) in [5, 5.41) is 9.83. The highest BCUT2D eigenvalue weighted by atomic mass is 32.2. The summed E-state index contributed by atoms with van der Waals surface area (Å²) in [6, 6.07) is 0.533. The fourth-order valence-corrected chi connectivity index (χ4v) is 4.75. The largest absolute Gasteiger partial charge is 0.330 e. The molecule has 2 aliphatic rings. The van der Waals surface area contributed by atoms with Crippen LogP contribution in [-0.4, -0.2) is 33.9 Å². The molecule has 154 valence electrons. The molecule has 0 aromatic carbocycles. The summed E-state index contributed by atoms with van der Waals surface area (Å²) >= 11 is 1.60. The molecule has 2 fully saturated rings. The first-order valence-corrected chi connectivity index (χ1v) is 11.3. The van der Waals surface area contributed by atoms with Gasteiger partial charge in [-0.2, -0.15) is 0 Å². The third-order valence-corrected chi connectivity index (χ3v) is 6.66. The standard InChI is InChI=1S/C19H25N7O2S/c1-3-4-9-25-16-14(17(27)21-18(25)28)24(2)13(20-16)10-29-19-23-22-15(11-5-6-11)26(19)12-7-8-12/h11-12H,3-10H2,1-2H3,(H,21,27,28). The first kappa shape index (κ1) is 18.7. The Morgan fingerprint density at radius 3 is 2.66 bits per heavy atom. The number of H-pyrrole nitrogens is 1. The maximum absolute atomic E-state index is 12.4. The Morgan fingerprint density at radius 2 is 1.97 bits per heavy atom. The van der Waals surface area contributed by atoms with E-state index in [-0.39, 0.29) is 5.56 Å². The number of unbranched alkanes of at least 4 members (excludes halogenated alkanes) is 1. The van der Waals surface area contributed by atoms with Crippen molar-refractivity contribution in [2.45, 2.75) is 74.9 Å². The molecule has 0 saturated heterocycles. The van der Waals surface area contributed by atoms with E-state index in [1.54, 1.807) is 20.9 Å². The maximum atomic E-state index is 12.4. The van der Waals surface area contributed by atoms with E-state index in [4.69, 9.17) is 0 Å². The van der Waals surface area contributed by atoms with Gasteiger partial charge in [-0.3, -0.25) is 14.3 Å². The van der Waals surface area contributed by atoms with Gasteiger partial charge in [0, 0.05) is 25.6 Å². The number of imidazole rings is 1. The number of hydrogen-bond donors (Lipinski definition) is 1. The van der Waals surface area contributed by atoms with Crippen LogP contribution in [0.3, 0.4) is 0 Å². The Balaban J connectivity index is 1.47. The maximum Gasteiger partial charge on any atom is 0.330 e. The van der Waals surface area contributed by atoms with Gasteiger partial charge in [0.15, 0.2) is 16.3 Å². The smallest absolute Gasteiger partial charge is 0.325 e. The lowest BCUT2D eigenvalue weighted by atomic mass is 10.3. The number of fused-ring (bicyclic) bond motifs is 1. The van der Waals surface area contributed by atoms with Crippen molar-refractivity contribution >= 4 is 22.9 Å². The molecule has 0 atom stereocenters. The molecule has 0 aliphatic heterocycles. The lowest BCUT2D eigenvalue weighted by Gasteiger charge is -2.08. The van der Waals surface area contributed by atoms with Crippen LogP contribution in [0.2, 0.25) is 0 Å². The van der Waals surface area contributed by atoms with Gasteiger partial charge < -0.3 is 9.13 Å². The second-order valence-electron chi connectivity index (χ2n) is 8.03. The van der Waals surface area contributed by atoms with E-state index >= 15 is 0 Å². The first-order chi connectivity index (χ1) is 14.1. The molecule has 29 heavy (non-hydrogen) atoms. The summed E-state index contributed by atoms with van der Waals surface area (Å²) in [5.41, 5.74) is 0.128. The summed E-state index contributed by atoms with van der Waals surface area (Å²) in [4.78, 5) is 31.8. The van der Waals surface area contributed by atoms with Gasteiger partial charge in [-0.05, 0) is 32.1 Å². The number of hydrogen-bond acceptors (Lipinski definition) is 6. The fourth-order valence-electron chi connectivity index (χ4n) is 3.76. The van der Waals surface area contributed by atoms with Crippen LogP contribution in [0.4, 0.5) is 0 Å². The Labute approximate surface area is 171 Å². The molecule has 0 unspecified atom stereocenters. The number of aromatic amines is 1. The van der Waals surface area contributed by atoms with E-state index < -0.39 is 5.69 Å². The van der Waals surface area contributed by atoms with Crippen molar-refractivity contribution in [3.05, 3.63) is 32.5 Å². The van der Waals surface area contributed by atoms with Crippen LogP contribution in [0.5, 0.6) is 0 Å². The molecule has 3 heterocycles. The van der Waals surface area contributed by atoms with Gasteiger partial charge in [0.2, 0.25) is 0 Å². The number of aryl methyl sites for hydroxylation is 2. The molecule has 9 nitrogen and oxygen atoms in total. The number of nitrogens with one attached hydrogen (secondary N) is 1. The Morgan fingerprint density at radius 1 is 1.17 bits per heavy atom. The zero-order valence-electron chi connectivity index (χ0n) is 16.7. The molecule has 5 rings (SSSR count). The van der Waals surface area contributed by atoms with Crippen molar-refractivity contribution in [3.63, 3.8) is 0 Å². The molecule has 0 amide bonds. The highest BCUT2D eigenvalue weighted by molar-refractivity contribution is 7.98. The summed E-state index contributed by atoms with van der Waals surface area (Å²) in [6.07, 6.45) is 6.61. The number of thioether (sulfide) groups is 1. The van der Waals surface area contributed by atoms with E-state index in [9.17, 15) is 9.59 Å². The summed E-state index contributed by atoms with van der Waals surface area (Å²) in [6.45, 7) is 2.62. The third-order valence-electron chi connectivity index (χ3n) is 5.72. The summed E-state index contributed by atoms with van der Waals surface area (Å²) in [7, 11) is 1.83. The molecule has 2 saturated carbocycles. The first-order valence-electron chi connectivity index (χ1n) is 10.3. The number of nitrogens with zero attached hydrogens (tertiary/aromatic N) is 6. The quantitative estimate of drug-likeness (QED) is 0.566. The topological polar surface area (TPSA) is 103 Å². The summed E-state index contributed by atoms with van der Waals surface area (Å²) < 4.78 is 5.68.